The molecular weight excluding hydrogens is 256 g/mol. The molecule has 0 aliphatic heterocycles. The van der Waals surface area contributed by atoms with E-state index in [1.807, 2.05) is 0 Å². The monoisotopic (exact) mass is 265 g/mol. The number of anilines is 1. The minimum Gasteiger partial charge on any atom is -0.545 e. The lowest BCUT2D eigenvalue weighted by Crippen LogP contribution is -2.20. The molecule has 1 rings (SSSR count). The number of hydrogen-bond donors (Lipinski definition) is 1. The first-order chi connectivity index (χ1) is 8.93. The van der Waals surface area contributed by atoms with E-state index in [1.165, 1.54) is 19.2 Å². The fourth-order valence-corrected chi connectivity index (χ4v) is 1.23. The van der Waals surface area contributed by atoms with Gasteiger partial charge >= 0.3 is 0 Å². The molecule has 1 N–H and O–H groups in total. The van der Waals surface area contributed by atoms with E-state index >= 15 is 0 Å². The molecule has 0 atom stereocenters. The largest absolute Gasteiger partial charge is 0.545 e. The Labute approximate surface area is 107 Å². The maximum absolute atomic E-state index is 11.4. The van der Waals surface area contributed by atoms with Crippen LogP contribution in [0.4, 0.5) is 11.4 Å². The summed E-state index contributed by atoms with van der Waals surface area (Å²) in [6.45, 7) is 0. The van der Waals surface area contributed by atoms with Crippen LogP contribution in [0, 0.1) is 10.1 Å². The van der Waals surface area contributed by atoms with Crippen LogP contribution in [0.3, 0.4) is 0 Å². The maximum Gasteiger partial charge on any atom is 0.271 e. The predicted octanol–water partition coefficient (Wildman–Crippen LogP) is -0.152. The van der Waals surface area contributed by atoms with E-state index < -0.39 is 16.8 Å². The van der Waals surface area contributed by atoms with Crippen molar-refractivity contribution in [1.29, 1.82) is 0 Å². The van der Waals surface area contributed by atoms with E-state index in [1.54, 1.807) is 0 Å². The van der Waals surface area contributed by atoms with Gasteiger partial charge in [-0.2, -0.15) is 0 Å². The lowest BCUT2D eigenvalue weighted by Gasteiger charge is -2.08. The average molecular weight is 265 g/mol. The van der Waals surface area contributed by atoms with Crippen LogP contribution in [-0.2, 0) is 9.59 Å². The van der Waals surface area contributed by atoms with E-state index in [0.717, 1.165) is 12.1 Å². The lowest BCUT2D eigenvalue weighted by molar-refractivity contribution is -0.384. The van der Waals surface area contributed by atoms with Crippen LogP contribution in [-0.4, -0.2) is 23.9 Å². The fraction of sp³-hybridized carbons (Fsp3) is 0.0909. The second-order valence-corrected chi connectivity index (χ2v) is 3.28. The van der Waals surface area contributed by atoms with E-state index in [9.17, 15) is 24.8 Å². The number of carbonyl (C=O) groups is 2. The number of nitrogens with zero attached hydrogens (tertiary/aromatic N) is 1. The molecule has 19 heavy (non-hydrogen) atoms. The van der Waals surface area contributed by atoms with Crippen molar-refractivity contribution in [2.75, 3.05) is 12.4 Å². The Morgan fingerprint density at radius 3 is 2.58 bits per heavy atom. The van der Waals surface area contributed by atoms with E-state index in [0.29, 0.717) is 6.08 Å². The summed E-state index contributed by atoms with van der Waals surface area (Å²) in [6.07, 6.45) is 1.27. The number of carbonyl (C=O) groups excluding carboxylic acids is 2. The predicted molar refractivity (Wildman–Crippen MR) is 62.4 cm³/mol. The molecule has 0 saturated carbocycles. The van der Waals surface area contributed by atoms with Crippen LogP contribution in [0.2, 0.25) is 0 Å². The summed E-state index contributed by atoms with van der Waals surface area (Å²) >= 11 is 0. The maximum atomic E-state index is 11.4. The average Bonchev–Trinajstić information content (AvgIpc) is 2.36. The fourth-order valence-electron chi connectivity index (χ4n) is 1.23. The zero-order valence-corrected chi connectivity index (χ0v) is 9.78. The number of benzene rings is 1. The zero-order chi connectivity index (χ0) is 14.4. The molecule has 0 saturated heterocycles. The van der Waals surface area contributed by atoms with Crippen molar-refractivity contribution in [3.8, 4) is 5.75 Å². The van der Waals surface area contributed by atoms with Crippen LogP contribution in [0.25, 0.3) is 0 Å². The molecule has 0 fully saturated rings. The Kier molecular flexibility index (Phi) is 4.58. The number of hydrogen-bond acceptors (Lipinski definition) is 6. The molecule has 0 aliphatic carbocycles. The highest BCUT2D eigenvalue weighted by Crippen LogP contribution is 2.28. The number of aliphatic carboxylic acids is 1. The van der Waals surface area contributed by atoms with Gasteiger partial charge in [-0.15, -0.1) is 0 Å². The molecule has 1 aromatic rings. The standard InChI is InChI=1S/C11H10N2O6/c1-19-9-3-2-7(13(17)18)6-8(9)12-10(14)4-5-11(15)16/h2-6H,1H3,(H,12,14)(H,15,16)/p-1/b5-4+. The van der Waals surface area contributed by atoms with Crippen LogP contribution >= 0.6 is 0 Å². The molecule has 0 spiro atoms. The van der Waals surface area contributed by atoms with Gasteiger partial charge in [0, 0.05) is 18.2 Å². The van der Waals surface area contributed by atoms with Gasteiger partial charge in [0.2, 0.25) is 5.91 Å². The van der Waals surface area contributed by atoms with Gasteiger partial charge in [-0.3, -0.25) is 14.9 Å². The minimum atomic E-state index is -1.53. The molecule has 0 bridgehead atoms. The molecule has 8 heteroatoms. The van der Waals surface area contributed by atoms with Crippen molar-refractivity contribution in [3.05, 3.63) is 40.5 Å². The van der Waals surface area contributed by atoms with Crippen molar-refractivity contribution in [2.24, 2.45) is 0 Å². The number of nitro benzene ring substituents is 1. The summed E-state index contributed by atoms with van der Waals surface area (Å²) in [5.74, 6) is -2.09. The Morgan fingerprint density at radius 1 is 1.37 bits per heavy atom. The number of nitrogens with one attached hydrogen (secondary N) is 1. The smallest absolute Gasteiger partial charge is 0.271 e. The second kappa shape index (κ2) is 6.15. The Balaban J connectivity index is 2.98. The van der Waals surface area contributed by atoms with Crippen molar-refractivity contribution < 1.29 is 24.4 Å². The molecule has 8 nitrogen and oxygen atoms in total. The molecule has 1 amide bonds. The third-order valence-corrected chi connectivity index (χ3v) is 2.02. The van der Waals surface area contributed by atoms with Crippen molar-refractivity contribution >= 4 is 23.3 Å². The van der Waals surface area contributed by atoms with Crippen LogP contribution in [0.15, 0.2) is 30.4 Å². The highest BCUT2D eigenvalue weighted by molar-refractivity contribution is 6.03. The topological polar surface area (TPSA) is 122 Å². The SMILES string of the molecule is COc1ccc([N+](=O)[O-])cc1NC(=O)/C=C/C(=O)[O-]. The first kappa shape index (κ1) is 14.2. The number of ether oxygens (including phenoxy) is 1. The molecule has 0 radical (unpaired) electrons. The normalized spacial score (nSPS) is 10.2. The van der Waals surface area contributed by atoms with Gasteiger partial charge in [-0.05, 0) is 12.1 Å². The molecule has 0 aliphatic rings. The Bertz CT molecular complexity index is 552. The number of non-ortho nitro benzene ring substituents is 1. The quantitative estimate of drug-likeness (QED) is 0.448. The third-order valence-electron chi connectivity index (χ3n) is 2.02. The van der Waals surface area contributed by atoms with Crippen LogP contribution in [0.1, 0.15) is 0 Å². The number of amides is 1. The lowest BCUT2D eigenvalue weighted by atomic mass is 10.2. The first-order valence-corrected chi connectivity index (χ1v) is 4.96. The Morgan fingerprint density at radius 2 is 2.05 bits per heavy atom. The van der Waals surface area contributed by atoms with Crippen molar-refractivity contribution in [1.82, 2.24) is 0 Å². The van der Waals surface area contributed by atoms with Crippen LogP contribution in [0.5, 0.6) is 5.75 Å². The molecule has 0 unspecified atom stereocenters. The molecule has 100 valence electrons. The van der Waals surface area contributed by atoms with Gasteiger partial charge in [0.1, 0.15) is 5.75 Å². The minimum absolute atomic E-state index is 0.0599. The summed E-state index contributed by atoms with van der Waals surface area (Å²) in [5.41, 5.74) is -0.176. The number of carboxylic acid groups (broad SMARTS) is 1. The van der Waals surface area contributed by atoms with E-state index in [4.69, 9.17) is 4.74 Å². The zero-order valence-electron chi connectivity index (χ0n) is 9.78. The van der Waals surface area contributed by atoms with Gasteiger partial charge in [0.25, 0.3) is 5.69 Å². The Hall–Kier alpha value is -2.90. The van der Waals surface area contributed by atoms with Crippen molar-refractivity contribution in [3.63, 3.8) is 0 Å². The summed E-state index contributed by atoms with van der Waals surface area (Å²) in [7, 11) is 1.33. The van der Waals surface area contributed by atoms with Gasteiger partial charge in [0.05, 0.1) is 23.7 Å². The van der Waals surface area contributed by atoms with E-state index in [2.05, 4.69) is 5.32 Å². The summed E-state index contributed by atoms with van der Waals surface area (Å²) in [6, 6.07) is 3.63. The van der Waals surface area contributed by atoms with Gasteiger partial charge < -0.3 is 20.0 Å². The van der Waals surface area contributed by atoms with Gasteiger partial charge in [-0.25, -0.2) is 0 Å². The number of carboxylic acids is 1. The number of rotatable bonds is 5. The number of nitro groups is 1. The highest BCUT2D eigenvalue weighted by atomic mass is 16.6. The second-order valence-electron chi connectivity index (χ2n) is 3.28. The summed E-state index contributed by atoms with van der Waals surface area (Å²) < 4.78 is 4.92. The van der Waals surface area contributed by atoms with Crippen LogP contribution < -0.4 is 15.2 Å². The first-order valence-electron chi connectivity index (χ1n) is 4.96. The molecule has 0 heterocycles. The highest BCUT2D eigenvalue weighted by Gasteiger charge is 2.12. The third kappa shape index (κ3) is 4.11. The van der Waals surface area contributed by atoms with E-state index in [-0.39, 0.29) is 17.1 Å². The van der Waals surface area contributed by atoms with Crippen molar-refractivity contribution in [2.45, 2.75) is 0 Å². The number of methoxy groups -OCH3 is 1. The molecule has 0 aromatic heterocycles. The molecule has 1 aromatic carbocycles. The van der Waals surface area contributed by atoms with Gasteiger partial charge in [-0.1, -0.05) is 0 Å². The molecular formula is C11H9N2O6-. The summed E-state index contributed by atoms with van der Waals surface area (Å²) in [5, 5.41) is 23.0. The summed E-state index contributed by atoms with van der Waals surface area (Å²) in [4.78, 5) is 31.5. The van der Waals surface area contributed by atoms with Gasteiger partial charge in [0.15, 0.2) is 0 Å².